The number of amides is 1. The van der Waals surface area contributed by atoms with Gasteiger partial charge in [-0.1, -0.05) is 0 Å². The van der Waals surface area contributed by atoms with Gasteiger partial charge in [-0.25, -0.2) is 4.39 Å². The maximum absolute atomic E-state index is 13.0. The molecule has 0 unspecified atom stereocenters. The number of halogens is 1. The Morgan fingerprint density at radius 2 is 1.57 bits per heavy atom. The first-order valence-electron chi connectivity index (χ1n) is 6.57. The summed E-state index contributed by atoms with van der Waals surface area (Å²) < 4.78 is 13.0. The molecule has 0 radical (unpaired) electrons. The number of benzene rings is 2. The number of hydrogen-bond donors (Lipinski definition) is 1. The van der Waals surface area contributed by atoms with Gasteiger partial charge in [0, 0.05) is 18.1 Å². The number of hydrogen-bond acceptors (Lipinski definition) is 2. The largest absolute Gasteiger partial charge is 0.326 e. The lowest BCUT2D eigenvalue weighted by atomic mass is 9.97. The van der Waals surface area contributed by atoms with Crippen LogP contribution in [0.25, 0.3) is 0 Å². The molecule has 0 saturated carbocycles. The van der Waals surface area contributed by atoms with Gasteiger partial charge in [0.2, 0.25) is 5.91 Å². The predicted molar refractivity (Wildman–Crippen MR) is 80.1 cm³/mol. The monoisotopic (exact) mass is 285 g/mol. The van der Waals surface area contributed by atoms with E-state index in [1.807, 2.05) is 13.8 Å². The summed E-state index contributed by atoms with van der Waals surface area (Å²) in [5.41, 5.74) is 3.19. The highest BCUT2D eigenvalue weighted by molar-refractivity contribution is 6.13. The molecule has 0 fully saturated rings. The van der Waals surface area contributed by atoms with Gasteiger partial charge >= 0.3 is 0 Å². The summed E-state index contributed by atoms with van der Waals surface area (Å²) in [5, 5.41) is 2.67. The second kappa shape index (κ2) is 5.87. The molecule has 0 aliphatic heterocycles. The van der Waals surface area contributed by atoms with E-state index in [-0.39, 0.29) is 11.7 Å². The summed E-state index contributed by atoms with van der Waals surface area (Å²) in [4.78, 5) is 23.8. The Morgan fingerprint density at radius 3 is 2.14 bits per heavy atom. The fraction of sp³-hybridized carbons (Fsp3) is 0.176. The van der Waals surface area contributed by atoms with Crippen molar-refractivity contribution in [3.63, 3.8) is 0 Å². The van der Waals surface area contributed by atoms with Gasteiger partial charge in [0.05, 0.1) is 5.69 Å². The van der Waals surface area contributed by atoms with E-state index in [9.17, 15) is 14.0 Å². The molecule has 3 nitrogen and oxygen atoms in total. The molecule has 2 aromatic rings. The van der Waals surface area contributed by atoms with Crippen molar-refractivity contribution < 1.29 is 14.0 Å². The number of carbonyl (C=O) groups is 2. The van der Waals surface area contributed by atoms with E-state index in [0.717, 1.165) is 11.1 Å². The normalized spacial score (nSPS) is 10.3. The third kappa shape index (κ3) is 3.34. The lowest BCUT2D eigenvalue weighted by Gasteiger charge is -2.12. The SMILES string of the molecule is CC(=O)Nc1cc(C)c(C)cc1C(=O)c1ccc(F)cc1. The van der Waals surface area contributed by atoms with E-state index in [1.54, 1.807) is 12.1 Å². The number of nitrogens with one attached hydrogen (secondary N) is 1. The van der Waals surface area contributed by atoms with E-state index in [0.29, 0.717) is 16.8 Å². The summed E-state index contributed by atoms with van der Waals surface area (Å²) in [7, 11) is 0. The van der Waals surface area contributed by atoms with E-state index < -0.39 is 5.82 Å². The van der Waals surface area contributed by atoms with Crippen LogP contribution in [0.4, 0.5) is 10.1 Å². The summed E-state index contributed by atoms with van der Waals surface area (Å²) >= 11 is 0. The molecular formula is C17H16FNO2. The summed E-state index contributed by atoms with van der Waals surface area (Å²) in [6, 6.07) is 8.87. The molecule has 0 aliphatic rings. The van der Waals surface area contributed by atoms with E-state index in [4.69, 9.17) is 0 Å². The van der Waals surface area contributed by atoms with Crippen LogP contribution in [0.3, 0.4) is 0 Å². The molecule has 2 rings (SSSR count). The zero-order valence-electron chi connectivity index (χ0n) is 12.2. The van der Waals surface area contributed by atoms with Crippen molar-refractivity contribution in [1.29, 1.82) is 0 Å². The number of aryl methyl sites for hydroxylation is 2. The Balaban J connectivity index is 2.50. The molecule has 1 amide bonds. The first kappa shape index (κ1) is 14.9. The topological polar surface area (TPSA) is 46.2 Å². The Hall–Kier alpha value is -2.49. The minimum atomic E-state index is -0.395. The average Bonchev–Trinajstić information content (AvgIpc) is 2.42. The lowest BCUT2D eigenvalue weighted by molar-refractivity contribution is -0.114. The van der Waals surface area contributed by atoms with Gasteiger partial charge < -0.3 is 5.32 Å². The van der Waals surface area contributed by atoms with Crippen LogP contribution in [0.15, 0.2) is 36.4 Å². The van der Waals surface area contributed by atoms with Crippen LogP contribution < -0.4 is 5.32 Å². The van der Waals surface area contributed by atoms with E-state index in [1.165, 1.54) is 31.2 Å². The number of carbonyl (C=O) groups excluding carboxylic acids is 2. The second-order valence-electron chi connectivity index (χ2n) is 5.00. The quantitative estimate of drug-likeness (QED) is 0.875. The molecule has 0 heterocycles. The van der Waals surface area contributed by atoms with Gasteiger partial charge in [0.25, 0.3) is 0 Å². The third-order valence-corrected chi connectivity index (χ3v) is 3.30. The lowest BCUT2D eigenvalue weighted by Crippen LogP contribution is -2.12. The minimum Gasteiger partial charge on any atom is -0.326 e. The Labute approximate surface area is 122 Å². The fourth-order valence-electron chi connectivity index (χ4n) is 2.05. The molecule has 1 N–H and O–H groups in total. The van der Waals surface area contributed by atoms with Gasteiger partial charge in [-0.2, -0.15) is 0 Å². The van der Waals surface area contributed by atoms with Crippen molar-refractivity contribution in [2.75, 3.05) is 5.32 Å². The molecule has 0 aromatic heterocycles. The van der Waals surface area contributed by atoms with Crippen LogP contribution in [-0.2, 0) is 4.79 Å². The maximum Gasteiger partial charge on any atom is 0.221 e. The van der Waals surface area contributed by atoms with Crippen LogP contribution >= 0.6 is 0 Å². The number of anilines is 1. The zero-order valence-corrected chi connectivity index (χ0v) is 12.2. The number of rotatable bonds is 3. The van der Waals surface area contributed by atoms with Crippen LogP contribution in [-0.4, -0.2) is 11.7 Å². The van der Waals surface area contributed by atoms with Crippen molar-refractivity contribution in [3.8, 4) is 0 Å². The van der Waals surface area contributed by atoms with Crippen molar-refractivity contribution in [1.82, 2.24) is 0 Å². The highest BCUT2D eigenvalue weighted by Crippen LogP contribution is 2.24. The van der Waals surface area contributed by atoms with Crippen molar-refractivity contribution in [2.45, 2.75) is 20.8 Å². The standard InChI is InChI=1S/C17H16FNO2/c1-10-8-15(16(9-11(10)2)19-12(3)20)17(21)13-4-6-14(18)7-5-13/h4-9H,1-3H3,(H,19,20). The minimum absolute atomic E-state index is 0.244. The molecule has 0 bridgehead atoms. The number of ketones is 1. The van der Waals surface area contributed by atoms with Gasteiger partial charge in [0.15, 0.2) is 5.78 Å². The highest BCUT2D eigenvalue weighted by atomic mass is 19.1. The molecule has 0 atom stereocenters. The third-order valence-electron chi connectivity index (χ3n) is 3.30. The first-order chi connectivity index (χ1) is 9.88. The predicted octanol–water partition coefficient (Wildman–Crippen LogP) is 3.63. The molecule has 0 spiro atoms. The second-order valence-corrected chi connectivity index (χ2v) is 5.00. The first-order valence-corrected chi connectivity index (χ1v) is 6.57. The zero-order chi connectivity index (χ0) is 15.6. The Bertz CT molecular complexity index is 705. The maximum atomic E-state index is 13.0. The van der Waals surface area contributed by atoms with Crippen LogP contribution in [0.5, 0.6) is 0 Å². The fourth-order valence-corrected chi connectivity index (χ4v) is 2.05. The average molecular weight is 285 g/mol. The van der Waals surface area contributed by atoms with Crippen molar-refractivity contribution in [2.24, 2.45) is 0 Å². The molecule has 21 heavy (non-hydrogen) atoms. The van der Waals surface area contributed by atoms with E-state index >= 15 is 0 Å². The van der Waals surface area contributed by atoms with E-state index in [2.05, 4.69) is 5.32 Å². The molecule has 2 aromatic carbocycles. The van der Waals surface area contributed by atoms with Crippen molar-refractivity contribution in [3.05, 3.63) is 64.5 Å². The molecule has 108 valence electrons. The van der Waals surface area contributed by atoms with Crippen LogP contribution in [0.1, 0.15) is 34.0 Å². The Morgan fingerprint density at radius 1 is 1.00 bits per heavy atom. The molecule has 0 aliphatic carbocycles. The van der Waals surface area contributed by atoms with Gasteiger partial charge in [0.1, 0.15) is 5.82 Å². The van der Waals surface area contributed by atoms with Gasteiger partial charge in [-0.15, -0.1) is 0 Å². The van der Waals surface area contributed by atoms with Crippen molar-refractivity contribution >= 4 is 17.4 Å². The summed E-state index contributed by atoms with van der Waals surface area (Å²) in [5.74, 6) is -0.887. The molecular weight excluding hydrogens is 269 g/mol. The van der Waals surface area contributed by atoms with Crippen LogP contribution in [0, 0.1) is 19.7 Å². The summed E-state index contributed by atoms with van der Waals surface area (Å²) in [6.45, 7) is 5.20. The smallest absolute Gasteiger partial charge is 0.221 e. The molecule has 4 heteroatoms. The van der Waals surface area contributed by atoms with Crippen LogP contribution in [0.2, 0.25) is 0 Å². The molecule has 0 saturated heterocycles. The Kier molecular flexibility index (Phi) is 4.17. The van der Waals surface area contributed by atoms with Gasteiger partial charge in [-0.05, 0) is 61.4 Å². The van der Waals surface area contributed by atoms with Gasteiger partial charge in [-0.3, -0.25) is 9.59 Å². The summed E-state index contributed by atoms with van der Waals surface area (Å²) in [6.07, 6.45) is 0. The highest BCUT2D eigenvalue weighted by Gasteiger charge is 2.16.